The van der Waals surface area contributed by atoms with Crippen molar-refractivity contribution in [3.63, 3.8) is 0 Å². The number of aliphatic carboxylic acids is 1. The van der Waals surface area contributed by atoms with E-state index in [9.17, 15) is 14.4 Å². The molecule has 0 bridgehead atoms. The molecule has 0 unspecified atom stereocenters. The van der Waals surface area contributed by atoms with Crippen LogP contribution in [-0.2, 0) is 16.6 Å². The van der Waals surface area contributed by atoms with E-state index in [-0.39, 0.29) is 5.82 Å². The topological polar surface area (TPSA) is 131 Å². The number of carboxylic acid groups (broad SMARTS) is 1. The highest BCUT2D eigenvalue weighted by Crippen LogP contribution is 2.03. The number of primary amides is 1. The number of amides is 3. The third kappa shape index (κ3) is 4.12. The number of aromatic nitrogens is 2. The van der Waals surface area contributed by atoms with Crippen LogP contribution in [-0.4, -0.2) is 50.8 Å². The zero-order valence-electron chi connectivity index (χ0n) is 9.66. The molecule has 18 heavy (non-hydrogen) atoms. The van der Waals surface area contributed by atoms with Gasteiger partial charge in [0, 0.05) is 19.3 Å². The number of carbonyl (C=O) groups excluding carboxylic acids is 2. The van der Waals surface area contributed by atoms with E-state index in [0.717, 1.165) is 4.90 Å². The molecule has 1 aromatic heterocycles. The molecule has 0 spiro atoms. The lowest BCUT2D eigenvalue weighted by Gasteiger charge is -2.18. The van der Waals surface area contributed by atoms with Gasteiger partial charge in [0.1, 0.15) is 13.1 Å². The van der Waals surface area contributed by atoms with E-state index in [1.165, 1.54) is 10.7 Å². The molecule has 9 heteroatoms. The standard InChI is InChI=1S/C9H13N5O4/c1-13-3-2-7(12-13)11-9(18)14(4-6(10)15)5-8(16)17/h2-3H,4-5H2,1H3,(H2,10,15)(H,16,17)(H,11,12,18). The van der Waals surface area contributed by atoms with E-state index in [0.29, 0.717) is 0 Å². The summed E-state index contributed by atoms with van der Waals surface area (Å²) in [7, 11) is 1.66. The number of carboxylic acids is 1. The summed E-state index contributed by atoms with van der Waals surface area (Å²) >= 11 is 0. The summed E-state index contributed by atoms with van der Waals surface area (Å²) in [5, 5.41) is 14.9. The Bertz CT molecular complexity index is 453. The first-order chi connectivity index (χ1) is 8.38. The third-order valence-corrected chi connectivity index (χ3v) is 1.91. The van der Waals surface area contributed by atoms with Gasteiger partial charge in [0.15, 0.2) is 5.82 Å². The summed E-state index contributed by atoms with van der Waals surface area (Å²) in [5.74, 6) is -1.79. The number of urea groups is 1. The van der Waals surface area contributed by atoms with Crippen LogP contribution < -0.4 is 11.1 Å². The minimum absolute atomic E-state index is 0.252. The van der Waals surface area contributed by atoms with Crippen LogP contribution in [0.3, 0.4) is 0 Å². The number of nitrogens with one attached hydrogen (secondary N) is 1. The second-order valence-electron chi connectivity index (χ2n) is 3.52. The second-order valence-corrected chi connectivity index (χ2v) is 3.52. The van der Waals surface area contributed by atoms with E-state index in [4.69, 9.17) is 10.8 Å². The predicted molar refractivity (Wildman–Crippen MR) is 60.6 cm³/mol. The summed E-state index contributed by atoms with van der Waals surface area (Å²) in [6.45, 7) is -1.10. The van der Waals surface area contributed by atoms with Gasteiger partial charge in [-0.25, -0.2) is 4.79 Å². The average molecular weight is 255 g/mol. The lowest BCUT2D eigenvalue weighted by atomic mass is 10.4. The molecule has 9 nitrogen and oxygen atoms in total. The number of anilines is 1. The van der Waals surface area contributed by atoms with Gasteiger partial charge in [0.25, 0.3) is 0 Å². The van der Waals surface area contributed by atoms with Crippen molar-refractivity contribution in [2.24, 2.45) is 12.8 Å². The number of nitrogens with two attached hydrogens (primary N) is 1. The normalized spacial score (nSPS) is 9.83. The number of hydrogen-bond acceptors (Lipinski definition) is 4. The van der Waals surface area contributed by atoms with E-state index < -0.39 is 31.0 Å². The summed E-state index contributed by atoms with van der Waals surface area (Å²) in [4.78, 5) is 33.8. The Morgan fingerprint density at radius 1 is 1.50 bits per heavy atom. The smallest absolute Gasteiger partial charge is 0.324 e. The third-order valence-electron chi connectivity index (χ3n) is 1.91. The second kappa shape index (κ2) is 5.66. The maximum absolute atomic E-state index is 11.7. The Hall–Kier alpha value is -2.58. The molecule has 4 N–H and O–H groups in total. The van der Waals surface area contributed by atoms with Crippen molar-refractivity contribution < 1.29 is 19.5 Å². The SMILES string of the molecule is Cn1ccc(NC(=O)N(CC(N)=O)CC(=O)O)n1. The number of nitrogens with zero attached hydrogens (tertiary/aromatic N) is 3. The zero-order chi connectivity index (χ0) is 13.7. The molecule has 0 aromatic carbocycles. The Morgan fingerprint density at radius 2 is 2.17 bits per heavy atom. The Kier molecular flexibility index (Phi) is 4.24. The molecular weight excluding hydrogens is 242 g/mol. The molecule has 0 saturated heterocycles. The van der Waals surface area contributed by atoms with Crippen molar-refractivity contribution in [1.29, 1.82) is 0 Å². The van der Waals surface area contributed by atoms with Gasteiger partial charge >= 0.3 is 12.0 Å². The fraction of sp³-hybridized carbons (Fsp3) is 0.333. The Labute approximate surface area is 102 Å². The van der Waals surface area contributed by atoms with Gasteiger partial charge in [-0.15, -0.1) is 0 Å². The predicted octanol–water partition coefficient (Wildman–Crippen LogP) is -1.18. The minimum atomic E-state index is -1.24. The molecule has 0 radical (unpaired) electrons. The number of rotatable bonds is 5. The molecule has 0 aliphatic carbocycles. The van der Waals surface area contributed by atoms with Gasteiger partial charge in [0.05, 0.1) is 0 Å². The monoisotopic (exact) mass is 255 g/mol. The highest BCUT2D eigenvalue weighted by atomic mass is 16.4. The van der Waals surface area contributed by atoms with Gasteiger partial charge in [0.2, 0.25) is 5.91 Å². The van der Waals surface area contributed by atoms with Crippen molar-refractivity contribution in [1.82, 2.24) is 14.7 Å². The zero-order valence-corrected chi connectivity index (χ0v) is 9.66. The van der Waals surface area contributed by atoms with Gasteiger partial charge in [-0.1, -0.05) is 0 Å². The average Bonchev–Trinajstić information content (AvgIpc) is 2.61. The minimum Gasteiger partial charge on any atom is -0.480 e. The highest BCUT2D eigenvalue weighted by Gasteiger charge is 2.19. The summed E-state index contributed by atoms with van der Waals surface area (Å²) in [6, 6.07) is 0.774. The molecular formula is C9H13N5O4. The van der Waals surface area contributed by atoms with Crippen LogP contribution >= 0.6 is 0 Å². The molecule has 0 fully saturated rings. The largest absolute Gasteiger partial charge is 0.480 e. The molecule has 0 aliphatic heterocycles. The van der Waals surface area contributed by atoms with Crippen LogP contribution in [0.25, 0.3) is 0 Å². The maximum Gasteiger partial charge on any atom is 0.324 e. The van der Waals surface area contributed by atoms with Gasteiger partial charge in [-0.05, 0) is 0 Å². The number of aryl methyl sites for hydroxylation is 1. The molecule has 0 saturated carbocycles. The molecule has 0 atom stereocenters. The van der Waals surface area contributed by atoms with Crippen LogP contribution in [0.4, 0.5) is 10.6 Å². The molecule has 98 valence electrons. The van der Waals surface area contributed by atoms with Crippen molar-refractivity contribution in [3.05, 3.63) is 12.3 Å². The van der Waals surface area contributed by atoms with Crippen molar-refractivity contribution >= 4 is 23.7 Å². The van der Waals surface area contributed by atoms with Crippen molar-refractivity contribution in [3.8, 4) is 0 Å². The van der Waals surface area contributed by atoms with Crippen LogP contribution in [0.2, 0.25) is 0 Å². The van der Waals surface area contributed by atoms with Gasteiger partial charge < -0.3 is 15.7 Å². The highest BCUT2D eigenvalue weighted by molar-refractivity contribution is 5.93. The lowest BCUT2D eigenvalue weighted by Crippen LogP contribution is -2.43. The van der Waals surface area contributed by atoms with Crippen LogP contribution in [0.1, 0.15) is 0 Å². The van der Waals surface area contributed by atoms with E-state index in [2.05, 4.69) is 10.4 Å². The van der Waals surface area contributed by atoms with Gasteiger partial charge in [-0.2, -0.15) is 5.10 Å². The first-order valence-electron chi connectivity index (χ1n) is 4.94. The number of carbonyl (C=O) groups is 3. The molecule has 1 heterocycles. The first kappa shape index (κ1) is 13.5. The van der Waals surface area contributed by atoms with Gasteiger partial charge in [-0.3, -0.25) is 19.6 Å². The first-order valence-corrected chi connectivity index (χ1v) is 4.94. The van der Waals surface area contributed by atoms with E-state index >= 15 is 0 Å². The van der Waals surface area contributed by atoms with Crippen molar-refractivity contribution in [2.45, 2.75) is 0 Å². The Morgan fingerprint density at radius 3 is 2.61 bits per heavy atom. The molecule has 1 aromatic rings. The quantitative estimate of drug-likeness (QED) is 0.609. The lowest BCUT2D eigenvalue weighted by molar-refractivity contribution is -0.137. The fourth-order valence-corrected chi connectivity index (χ4v) is 1.22. The van der Waals surface area contributed by atoms with Crippen LogP contribution in [0.15, 0.2) is 12.3 Å². The van der Waals surface area contributed by atoms with E-state index in [1.807, 2.05) is 0 Å². The van der Waals surface area contributed by atoms with Crippen molar-refractivity contribution in [2.75, 3.05) is 18.4 Å². The number of hydrogen-bond donors (Lipinski definition) is 3. The van der Waals surface area contributed by atoms with E-state index in [1.54, 1.807) is 13.2 Å². The maximum atomic E-state index is 11.7. The van der Waals surface area contributed by atoms with Crippen LogP contribution in [0.5, 0.6) is 0 Å². The molecule has 0 aliphatic rings. The molecule has 1 rings (SSSR count). The van der Waals surface area contributed by atoms with Crippen LogP contribution in [0, 0.1) is 0 Å². The Balaban J connectivity index is 2.69. The fourth-order valence-electron chi connectivity index (χ4n) is 1.22. The molecule has 3 amide bonds. The summed E-state index contributed by atoms with van der Waals surface area (Å²) in [6.07, 6.45) is 1.60. The summed E-state index contributed by atoms with van der Waals surface area (Å²) < 4.78 is 1.46. The summed E-state index contributed by atoms with van der Waals surface area (Å²) in [5.41, 5.74) is 4.93.